The Labute approximate surface area is 173 Å². The van der Waals surface area contributed by atoms with E-state index >= 15 is 0 Å². The summed E-state index contributed by atoms with van der Waals surface area (Å²) < 4.78 is 0. The van der Waals surface area contributed by atoms with Crippen LogP contribution < -0.4 is 49.6 Å². The zero-order chi connectivity index (χ0) is 12.3. The SMILES string of the molecule is CCCCCCCCCCCN1C=CN(C)C1.[Cl-].[Cl-].[Cl-].[Cl-].[Fe+4]. The van der Waals surface area contributed by atoms with Crippen LogP contribution in [0.1, 0.15) is 64.7 Å². The van der Waals surface area contributed by atoms with E-state index in [-0.39, 0.29) is 66.7 Å². The van der Waals surface area contributed by atoms with Gasteiger partial charge in [-0.25, -0.2) is 0 Å². The minimum absolute atomic E-state index is 0. The summed E-state index contributed by atoms with van der Waals surface area (Å²) in [5, 5.41) is 0. The molecule has 1 rings (SSSR count). The van der Waals surface area contributed by atoms with Crippen molar-refractivity contribution in [3.8, 4) is 0 Å². The molecule has 1 heterocycles. The van der Waals surface area contributed by atoms with Crippen molar-refractivity contribution in [2.24, 2.45) is 0 Å². The first-order chi connectivity index (χ1) is 8.33. The average molecular weight is 436 g/mol. The fourth-order valence-electron chi connectivity index (χ4n) is 2.36. The van der Waals surface area contributed by atoms with Gasteiger partial charge in [-0.2, -0.15) is 0 Å². The van der Waals surface area contributed by atoms with Crippen LogP contribution in [-0.2, 0) is 17.1 Å². The fourth-order valence-corrected chi connectivity index (χ4v) is 2.36. The van der Waals surface area contributed by atoms with Gasteiger partial charge in [0.25, 0.3) is 0 Å². The smallest absolute Gasteiger partial charge is 1.00 e. The number of hydrogen-bond acceptors (Lipinski definition) is 2. The van der Waals surface area contributed by atoms with Crippen molar-refractivity contribution in [3.63, 3.8) is 0 Å². The molecular formula is C15H30Cl4FeN2. The van der Waals surface area contributed by atoms with Crippen LogP contribution in [-0.4, -0.2) is 30.1 Å². The summed E-state index contributed by atoms with van der Waals surface area (Å²) in [4.78, 5) is 4.63. The maximum atomic E-state index is 2.40. The maximum Gasteiger partial charge on any atom is 4.00 e. The van der Waals surface area contributed by atoms with Crippen LogP contribution >= 0.6 is 0 Å². The van der Waals surface area contributed by atoms with Crippen molar-refractivity contribution in [1.82, 2.24) is 9.80 Å². The van der Waals surface area contributed by atoms with Crippen molar-refractivity contribution in [3.05, 3.63) is 12.4 Å². The van der Waals surface area contributed by atoms with Crippen LogP contribution in [0.5, 0.6) is 0 Å². The Balaban J connectivity index is -0.000000193. The zero-order valence-corrected chi connectivity index (χ0v) is 17.8. The Morgan fingerprint density at radius 3 is 1.59 bits per heavy atom. The van der Waals surface area contributed by atoms with Crippen molar-refractivity contribution in [2.75, 3.05) is 20.3 Å². The minimum atomic E-state index is 0. The number of nitrogens with zero attached hydrogens (tertiary/aromatic N) is 2. The van der Waals surface area contributed by atoms with Crippen molar-refractivity contribution >= 4 is 0 Å². The van der Waals surface area contributed by atoms with Crippen molar-refractivity contribution in [2.45, 2.75) is 64.7 Å². The molecule has 0 N–H and O–H groups in total. The molecule has 0 amide bonds. The third-order valence-electron chi connectivity index (χ3n) is 3.49. The molecule has 0 radical (unpaired) electrons. The molecular weight excluding hydrogens is 406 g/mol. The molecule has 0 saturated carbocycles. The number of hydrogen-bond donors (Lipinski definition) is 0. The van der Waals surface area contributed by atoms with E-state index in [4.69, 9.17) is 0 Å². The van der Waals surface area contributed by atoms with E-state index in [2.05, 4.69) is 36.2 Å². The van der Waals surface area contributed by atoms with Crippen molar-refractivity contribution in [1.29, 1.82) is 0 Å². The summed E-state index contributed by atoms with van der Waals surface area (Å²) in [6.45, 7) is 4.60. The average Bonchev–Trinajstić information content (AvgIpc) is 2.73. The molecule has 1 aliphatic rings. The second kappa shape index (κ2) is 24.3. The van der Waals surface area contributed by atoms with Gasteiger partial charge in [0, 0.05) is 26.0 Å². The predicted octanol–water partition coefficient (Wildman–Crippen LogP) is -7.79. The number of halogens is 4. The molecule has 0 aliphatic carbocycles. The van der Waals surface area contributed by atoms with E-state index in [9.17, 15) is 0 Å². The standard InChI is InChI=1S/C15H30N2.4ClH.Fe/c1-3-4-5-6-7-8-9-10-11-12-17-14-13-16(2)15-17;;;;;/h13-14H,3-12,15H2,1-2H3;4*1H;/q;;;;;+4/p-4. The normalized spacial score (nSPS) is 11.5. The molecule has 0 aromatic rings. The summed E-state index contributed by atoms with van der Waals surface area (Å²) >= 11 is 0. The first-order valence-corrected chi connectivity index (χ1v) is 7.45. The molecule has 0 bridgehead atoms. The van der Waals surface area contributed by atoms with Gasteiger partial charge in [-0.15, -0.1) is 0 Å². The zero-order valence-electron chi connectivity index (χ0n) is 13.7. The van der Waals surface area contributed by atoms with Gasteiger partial charge in [0.2, 0.25) is 0 Å². The summed E-state index contributed by atoms with van der Waals surface area (Å²) in [6, 6.07) is 0. The van der Waals surface area contributed by atoms with Crippen LogP contribution in [0.4, 0.5) is 0 Å². The minimum Gasteiger partial charge on any atom is -1.00 e. The molecule has 22 heavy (non-hydrogen) atoms. The van der Waals surface area contributed by atoms with E-state index in [1.54, 1.807) is 0 Å². The van der Waals surface area contributed by atoms with Crippen LogP contribution in [0, 0.1) is 0 Å². The topological polar surface area (TPSA) is 6.48 Å². The number of rotatable bonds is 10. The Morgan fingerprint density at radius 1 is 0.727 bits per heavy atom. The van der Waals surface area contributed by atoms with Gasteiger partial charge in [-0.3, -0.25) is 0 Å². The second-order valence-electron chi connectivity index (χ2n) is 5.34. The quantitative estimate of drug-likeness (QED) is 0.248. The van der Waals surface area contributed by atoms with Crippen LogP contribution in [0.25, 0.3) is 0 Å². The Morgan fingerprint density at radius 2 is 1.18 bits per heavy atom. The van der Waals surface area contributed by atoms with Gasteiger partial charge in [-0.1, -0.05) is 58.3 Å². The van der Waals surface area contributed by atoms with Gasteiger partial charge in [-0.05, 0) is 6.42 Å². The third kappa shape index (κ3) is 19.1. The van der Waals surface area contributed by atoms with E-state index in [0.29, 0.717) is 0 Å². The molecule has 0 fully saturated rings. The van der Waals surface area contributed by atoms with Crippen LogP contribution in [0.3, 0.4) is 0 Å². The first kappa shape index (κ1) is 34.4. The third-order valence-corrected chi connectivity index (χ3v) is 3.49. The Kier molecular flexibility index (Phi) is 37.9. The summed E-state index contributed by atoms with van der Waals surface area (Å²) in [5.74, 6) is 0. The molecule has 0 atom stereocenters. The summed E-state index contributed by atoms with van der Waals surface area (Å²) in [6.07, 6.45) is 17.1. The Bertz CT molecular complexity index is 222. The molecule has 0 unspecified atom stereocenters. The molecule has 0 aromatic carbocycles. The molecule has 0 aromatic heterocycles. The predicted molar refractivity (Wildman–Crippen MR) is 75.7 cm³/mol. The van der Waals surface area contributed by atoms with Crippen molar-refractivity contribution < 1.29 is 66.7 Å². The molecule has 0 spiro atoms. The largest absolute Gasteiger partial charge is 4.00 e. The Hall–Kier alpha value is 1.02. The molecule has 0 saturated heterocycles. The van der Waals surface area contributed by atoms with E-state index < -0.39 is 0 Å². The summed E-state index contributed by atoms with van der Waals surface area (Å²) in [7, 11) is 2.13. The summed E-state index contributed by atoms with van der Waals surface area (Å²) in [5.41, 5.74) is 0. The molecule has 7 heteroatoms. The van der Waals surface area contributed by atoms with E-state index in [1.807, 2.05) is 0 Å². The first-order valence-electron chi connectivity index (χ1n) is 7.45. The van der Waals surface area contributed by atoms with Gasteiger partial charge < -0.3 is 59.4 Å². The number of unbranched alkanes of at least 4 members (excludes halogenated alkanes) is 8. The molecule has 1 aliphatic heterocycles. The fraction of sp³-hybridized carbons (Fsp3) is 0.867. The van der Waals surface area contributed by atoms with Gasteiger partial charge >= 0.3 is 17.1 Å². The van der Waals surface area contributed by atoms with Crippen LogP contribution in [0.2, 0.25) is 0 Å². The monoisotopic (exact) mass is 434 g/mol. The van der Waals surface area contributed by atoms with Gasteiger partial charge in [0.1, 0.15) is 0 Å². The van der Waals surface area contributed by atoms with E-state index in [1.165, 1.54) is 64.3 Å². The van der Waals surface area contributed by atoms with E-state index in [0.717, 1.165) is 6.67 Å². The maximum absolute atomic E-state index is 2.40. The second-order valence-corrected chi connectivity index (χ2v) is 5.34. The van der Waals surface area contributed by atoms with Gasteiger partial charge in [0.05, 0.1) is 6.67 Å². The van der Waals surface area contributed by atoms with Crippen LogP contribution in [0.15, 0.2) is 12.4 Å². The molecule has 136 valence electrons. The van der Waals surface area contributed by atoms with Gasteiger partial charge in [0.15, 0.2) is 0 Å². The molecule has 2 nitrogen and oxygen atoms in total.